The van der Waals surface area contributed by atoms with Crippen LogP contribution in [0.4, 0.5) is 0 Å². The maximum Gasteiger partial charge on any atom is 0.306 e. The molecule has 0 aromatic heterocycles. The van der Waals surface area contributed by atoms with E-state index in [4.69, 9.17) is 18.5 Å². The molecule has 2 N–H and O–H groups in total. The van der Waals surface area contributed by atoms with Crippen LogP contribution in [0.3, 0.4) is 0 Å². The fraction of sp³-hybridized carbons (Fsp3) is 0.848. The quantitative estimate of drug-likeness (QED) is 0.0200. The number of aliphatic hydroxyl groups is 2. The summed E-state index contributed by atoms with van der Waals surface area (Å²) in [4.78, 5) is 50.4. The minimum absolute atomic E-state index is 0.0486. The smallest absolute Gasteiger partial charge is 0.306 e. The molecule has 1 aliphatic carbocycles. The van der Waals surface area contributed by atoms with Gasteiger partial charge in [0.1, 0.15) is 25.5 Å². The predicted molar refractivity (Wildman–Crippen MR) is 232 cm³/mol. The van der Waals surface area contributed by atoms with Crippen LogP contribution in [0, 0.1) is 11.8 Å². The van der Waals surface area contributed by atoms with Crippen molar-refractivity contribution in [1.29, 1.82) is 0 Å². The number of ether oxygens (including phenoxy) is 2. The standard InChI is InChI=1S/C46H84NO11P/c1-6-8-10-11-12-13-14-15-16-17-18-19-20-21-27-31-46(52)58-40(38-57-59(53,54)56-35-34-47(3,4)5)37-55-45(51)30-26-23-22-25-29-41-42(44(50)36-43(41)49)33-32-39(48)28-24-9-7-2/h13-14,32-33,39-42,44,48,50H,6-12,15-31,34-38H2,1-5H3/b14-13-,33-32+/t39-,40+,41+,42+,44+/m0/s1. The SMILES string of the molecule is CCCCCC/C=C\CCCCCCCCCC(=O)O[C@H](COC(=O)CCCCCC[C@H]1C(=O)C[C@@H](O)[C@@H]1/C=C/[C@@H](O)CCCCC)COP(=O)([O-])OCC[N+](C)(C)C. The largest absolute Gasteiger partial charge is 0.756 e. The van der Waals surface area contributed by atoms with E-state index in [9.17, 15) is 34.1 Å². The van der Waals surface area contributed by atoms with E-state index in [0.717, 1.165) is 64.2 Å². The van der Waals surface area contributed by atoms with Crippen LogP contribution < -0.4 is 4.89 Å². The molecule has 0 aromatic rings. The number of Topliss-reactive ketones (excluding diaryl/α,β-unsaturated/α-hetero) is 1. The molecule has 0 amide bonds. The normalized spacial score (nSPS) is 19.4. The van der Waals surface area contributed by atoms with E-state index in [1.165, 1.54) is 51.4 Å². The second-order valence-electron chi connectivity index (χ2n) is 17.5. The van der Waals surface area contributed by atoms with Gasteiger partial charge in [-0.25, -0.2) is 0 Å². The van der Waals surface area contributed by atoms with Gasteiger partial charge in [0.2, 0.25) is 0 Å². The molecule has 13 heteroatoms. The number of carbonyl (C=O) groups excluding carboxylic acids is 3. The summed E-state index contributed by atoms with van der Waals surface area (Å²) in [5.74, 6) is -1.52. The van der Waals surface area contributed by atoms with E-state index in [1.807, 2.05) is 27.2 Å². The summed E-state index contributed by atoms with van der Waals surface area (Å²) in [7, 11) is 1.03. The van der Waals surface area contributed by atoms with Gasteiger partial charge in [-0.15, -0.1) is 0 Å². The first-order valence-electron chi connectivity index (χ1n) is 23.1. The molecule has 1 rings (SSSR count). The minimum atomic E-state index is -4.68. The number of hydrogen-bond donors (Lipinski definition) is 2. The molecule has 0 aromatic carbocycles. The summed E-state index contributed by atoms with van der Waals surface area (Å²) in [6.45, 7) is 3.84. The van der Waals surface area contributed by atoms with Crippen molar-refractivity contribution in [2.75, 3.05) is 47.5 Å². The highest BCUT2D eigenvalue weighted by molar-refractivity contribution is 7.45. The molecule has 344 valence electrons. The Bertz CT molecular complexity index is 1220. The van der Waals surface area contributed by atoms with Crippen LogP contribution in [0.1, 0.15) is 174 Å². The number of unbranched alkanes of at least 4 members (excludes halogenated alkanes) is 16. The van der Waals surface area contributed by atoms with E-state index >= 15 is 0 Å². The number of allylic oxidation sites excluding steroid dienone is 2. The fourth-order valence-electron chi connectivity index (χ4n) is 7.13. The van der Waals surface area contributed by atoms with Crippen molar-refractivity contribution in [1.82, 2.24) is 0 Å². The van der Waals surface area contributed by atoms with Gasteiger partial charge in [-0.3, -0.25) is 18.9 Å². The Morgan fingerprint density at radius 1 is 0.797 bits per heavy atom. The van der Waals surface area contributed by atoms with Gasteiger partial charge in [0, 0.05) is 31.1 Å². The van der Waals surface area contributed by atoms with E-state index in [2.05, 4.69) is 26.0 Å². The van der Waals surface area contributed by atoms with Gasteiger partial charge >= 0.3 is 11.9 Å². The summed E-state index contributed by atoms with van der Waals surface area (Å²) < 4.78 is 33.9. The third-order valence-electron chi connectivity index (χ3n) is 10.8. The molecule has 0 heterocycles. The monoisotopic (exact) mass is 858 g/mol. The first-order chi connectivity index (χ1) is 28.2. The van der Waals surface area contributed by atoms with Gasteiger partial charge in [-0.05, 0) is 51.4 Å². The highest BCUT2D eigenvalue weighted by atomic mass is 31.2. The molecule has 1 aliphatic rings. The minimum Gasteiger partial charge on any atom is -0.756 e. The second-order valence-corrected chi connectivity index (χ2v) is 19.0. The number of phosphoric ester groups is 1. The third kappa shape index (κ3) is 30.7. The molecule has 1 fully saturated rings. The van der Waals surface area contributed by atoms with E-state index < -0.39 is 44.7 Å². The summed E-state index contributed by atoms with van der Waals surface area (Å²) in [6.07, 6.45) is 28.1. The Labute approximate surface area is 358 Å². The number of carbonyl (C=O) groups is 3. The number of nitrogens with zero attached hydrogens (tertiary/aromatic N) is 1. The number of phosphoric acid groups is 1. The van der Waals surface area contributed by atoms with Crippen molar-refractivity contribution in [3.63, 3.8) is 0 Å². The zero-order valence-electron chi connectivity index (χ0n) is 37.7. The number of hydrogen-bond acceptors (Lipinski definition) is 11. The second kappa shape index (κ2) is 33.7. The lowest BCUT2D eigenvalue weighted by atomic mass is 9.88. The van der Waals surface area contributed by atoms with Crippen molar-refractivity contribution in [2.45, 2.75) is 193 Å². The van der Waals surface area contributed by atoms with Crippen molar-refractivity contribution in [2.24, 2.45) is 11.8 Å². The van der Waals surface area contributed by atoms with E-state index in [-0.39, 0.29) is 50.1 Å². The van der Waals surface area contributed by atoms with Crippen molar-refractivity contribution in [3.8, 4) is 0 Å². The van der Waals surface area contributed by atoms with Crippen LogP contribution in [0.25, 0.3) is 0 Å². The number of esters is 2. The van der Waals surface area contributed by atoms with E-state index in [1.54, 1.807) is 6.08 Å². The topological polar surface area (TPSA) is 169 Å². The lowest BCUT2D eigenvalue weighted by molar-refractivity contribution is -0.870. The molecule has 59 heavy (non-hydrogen) atoms. The van der Waals surface area contributed by atoms with Crippen LogP contribution in [0.5, 0.6) is 0 Å². The van der Waals surface area contributed by atoms with Gasteiger partial charge in [0.25, 0.3) is 7.82 Å². The number of ketones is 1. The van der Waals surface area contributed by atoms with Crippen molar-refractivity contribution < 1.29 is 57.1 Å². The van der Waals surface area contributed by atoms with Crippen LogP contribution >= 0.6 is 7.82 Å². The lowest BCUT2D eigenvalue weighted by Crippen LogP contribution is -2.37. The number of quaternary nitrogens is 1. The van der Waals surface area contributed by atoms with Crippen LogP contribution in [-0.4, -0.2) is 98.2 Å². The van der Waals surface area contributed by atoms with Crippen molar-refractivity contribution in [3.05, 3.63) is 24.3 Å². The number of aliphatic hydroxyl groups excluding tert-OH is 2. The molecule has 0 radical (unpaired) electrons. The maximum absolute atomic E-state index is 12.7. The molecule has 0 bridgehead atoms. The molecule has 6 atom stereocenters. The first-order valence-corrected chi connectivity index (χ1v) is 24.6. The zero-order valence-corrected chi connectivity index (χ0v) is 38.6. The van der Waals surface area contributed by atoms with E-state index in [0.29, 0.717) is 36.7 Å². The molecule has 1 saturated carbocycles. The highest BCUT2D eigenvalue weighted by Gasteiger charge is 2.39. The Balaban J connectivity index is 2.45. The Morgan fingerprint density at radius 3 is 1.98 bits per heavy atom. The van der Waals surface area contributed by atoms with Gasteiger partial charge < -0.3 is 38.1 Å². The average molecular weight is 858 g/mol. The van der Waals surface area contributed by atoms with Gasteiger partial charge in [-0.2, -0.15) is 0 Å². The lowest BCUT2D eigenvalue weighted by Gasteiger charge is -2.28. The average Bonchev–Trinajstić information content (AvgIpc) is 3.44. The Kier molecular flexibility index (Phi) is 31.4. The number of rotatable bonds is 38. The Morgan fingerprint density at radius 2 is 1.36 bits per heavy atom. The van der Waals surface area contributed by atoms with Gasteiger partial charge in [-0.1, -0.05) is 128 Å². The highest BCUT2D eigenvalue weighted by Crippen LogP contribution is 2.38. The summed E-state index contributed by atoms with van der Waals surface area (Å²) in [6, 6.07) is 0. The fourth-order valence-corrected chi connectivity index (χ4v) is 7.86. The Hall–Kier alpha value is -1.92. The first kappa shape index (κ1) is 55.1. The molecular formula is C46H84NO11P. The van der Waals surface area contributed by atoms with Crippen LogP contribution in [0.15, 0.2) is 24.3 Å². The third-order valence-corrected chi connectivity index (χ3v) is 11.8. The van der Waals surface area contributed by atoms with Gasteiger partial charge in [0.05, 0.1) is 40.0 Å². The van der Waals surface area contributed by atoms with Crippen LogP contribution in [-0.2, 0) is 37.5 Å². The molecule has 0 saturated heterocycles. The molecule has 0 aliphatic heterocycles. The molecular weight excluding hydrogens is 773 g/mol. The number of likely N-dealkylation sites (N-methyl/N-ethyl adjacent to an activating group) is 1. The summed E-state index contributed by atoms with van der Waals surface area (Å²) >= 11 is 0. The molecule has 1 unspecified atom stereocenters. The van der Waals surface area contributed by atoms with Crippen molar-refractivity contribution >= 4 is 25.5 Å². The van der Waals surface area contributed by atoms with Crippen LogP contribution in [0.2, 0.25) is 0 Å². The van der Waals surface area contributed by atoms with Gasteiger partial charge in [0.15, 0.2) is 6.10 Å². The molecule has 12 nitrogen and oxygen atoms in total. The molecule has 0 spiro atoms. The zero-order chi connectivity index (χ0) is 43.8. The summed E-state index contributed by atoms with van der Waals surface area (Å²) in [5.41, 5.74) is 0. The predicted octanol–water partition coefficient (Wildman–Crippen LogP) is 9.09. The summed E-state index contributed by atoms with van der Waals surface area (Å²) in [5, 5.41) is 20.7. The maximum atomic E-state index is 12.7.